The average molecular weight is 616 g/mol. The number of nitrogens with zero attached hydrogens (tertiary/aromatic N) is 5. The third-order valence-electron chi connectivity index (χ3n) is 8.15. The number of aryl methyl sites for hydroxylation is 1. The number of halogens is 3. The number of benzene rings is 2. The quantitative estimate of drug-likeness (QED) is 0.242. The standard InChI is InChI=1S/C30H32F3N5O4S/c1-18-11-20-7-8-21(30(31,32)33)13-27(20)43(40,41)37(15-18)16-19-5-4-6-22(12-19)38-10-9-23(29(39)42-3)28(38)25-14-24(25)26-17-36(2)35-34-26/h4-10,12-13,17-18,24-25,40-41H,11,14-16H2,1-3H3/t18?,24-,25-/m1/s1. The first-order chi connectivity index (χ1) is 20.4. The Kier molecular flexibility index (Phi) is 7.40. The normalized spacial score (nSPS) is 22.5. The van der Waals surface area contributed by atoms with Crippen LogP contribution < -0.4 is 0 Å². The van der Waals surface area contributed by atoms with Gasteiger partial charge in [0.15, 0.2) is 0 Å². The topological polar surface area (TPSA) is 106 Å². The molecular formula is C30H32F3N5O4S. The van der Waals surface area contributed by atoms with Crippen molar-refractivity contribution in [3.8, 4) is 5.69 Å². The molecule has 1 saturated carbocycles. The number of ether oxygens (including phenoxy) is 1. The van der Waals surface area contributed by atoms with Crippen LogP contribution in [0.25, 0.3) is 5.69 Å². The van der Waals surface area contributed by atoms with Crippen molar-refractivity contribution < 1.29 is 31.8 Å². The van der Waals surface area contributed by atoms with Gasteiger partial charge >= 0.3 is 12.1 Å². The largest absolute Gasteiger partial charge is 0.465 e. The second-order valence-corrected chi connectivity index (χ2v) is 13.4. The van der Waals surface area contributed by atoms with Crippen LogP contribution in [0.3, 0.4) is 0 Å². The van der Waals surface area contributed by atoms with Crippen molar-refractivity contribution in [3.63, 3.8) is 0 Å². The zero-order valence-corrected chi connectivity index (χ0v) is 24.6. The van der Waals surface area contributed by atoms with Gasteiger partial charge in [-0.25, -0.2) is 4.79 Å². The van der Waals surface area contributed by atoms with E-state index in [2.05, 4.69) is 10.3 Å². The summed E-state index contributed by atoms with van der Waals surface area (Å²) >= 11 is 0. The molecule has 9 nitrogen and oxygen atoms in total. The summed E-state index contributed by atoms with van der Waals surface area (Å²) in [6.07, 6.45) is 0.290. The average Bonchev–Trinajstić information content (AvgIpc) is 3.43. The molecule has 3 atom stereocenters. The number of hydrogen-bond donors (Lipinski definition) is 2. The molecule has 4 aromatic rings. The van der Waals surface area contributed by atoms with Gasteiger partial charge in [-0.2, -0.15) is 17.5 Å². The third kappa shape index (κ3) is 5.57. The minimum Gasteiger partial charge on any atom is -0.465 e. The van der Waals surface area contributed by atoms with Crippen LogP contribution in [-0.2, 0) is 30.9 Å². The van der Waals surface area contributed by atoms with Crippen molar-refractivity contribution in [2.24, 2.45) is 13.0 Å². The van der Waals surface area contributed by atoms with E-state index in [9.17, 15) is 27.1 Å². The molecule has 1 aliphatic carbocycles. The van der Waals surface area contributed by atoms with Gasteiger partial charge in [-0.05, 0) is 60.2 Å². The van der Waals surface area contributed by atoms with Gasteiger partial charge in [-0.1, -0.05) is 30.3 Å². The van der Waals surface area contributed by atoms with Crippen LogP contribution in [0.4, 0.5) is 13.2 Å². The fourth-order valence-corrected chi connectivity index (χ4v) is 7.90. The molecular weight excluding hydrogens is 583 g/mol. The van der Waals surface area contributed by atoms with Crippen LogP contribution in [0.2, 0.25) is 0 Å². The van der Waals surface area contributed by atoms with Gasteiger partial charge in [0.05, 0.1) is 28.8 Å². The molecule has 0 radical (unpaired) electrons. The molecule has 228 valence electrons. The van der Waals surface area contributed by atoms with E-state index in [-0.39, 0.29) is 35.7 Å². The Labute approximate surface area is 248 Å². The Morgan fingerprint density at radius 2 is 1.93 bits per heavy atom. The molecule has 1 unspecified atom stereocenters. The van der Waals surface area contributed by atoms with Crippen LogP contribution in [0.15, 0.2) is 65.8 Å². The lowest BCUT2D eigenvalue weighted by Crippen LogP contribution is -2.30. The molecule has 3 heterocycles. The van der Waals surface area contributed by atoms with Gasteiger partial charge in [-0.15, -0.1) is 15.9 Å². The van der Waals surface area contributed by atoms with E-state index in [0.29, 0.717) is 17.5 Å². The number of aromatic nitrogens is 4. The lowest BCUT2D eigenvalue weighted by molar-refractivity contribution is -0.137. The van der Waals surface area contributed by atoms with Crippen molar-refractivity contribution >= 4 is 16.7 Å². The van der Waals surface area contributed by atoms with Gasteiger partial charge in [0.1, 0.15) is 0 Å². The highest BCUT2D eigenvalue weighted by Crippen LogP contribution is 2.57. The smallest absolute Gasteiger partial charge is 0.416 e. The molecule has 2 aromatic heterocycles. The van der Waals surface area contributed by atoms with Crippen molar-refractivity contribution in [2.75, 3.05) is 13.7 Å². The molecule has 0 spiro atoms. The molecule has 1 fully saturated rings. The zero-order valence-electron chi connectivity index (χ0n) is 23.8. The first kappa shape index (κ1) is 29.4. The minimum atomic E-state index is -4.60. The molecule has 0 bridgehead atoms. The number of esters is 1. The highest BCUT2D eigenvalue weighted by molar-refractivity contribution is 8.22. The summed E-state index contributed by atoms with van der Waals surface area (Å²) in [5.41, 5.74) is 3.18. The summed E-state index contributed by atoms with van der Waals surface area (Å²) in [5.74, 6) is -0.359. The highest BCUT2D eigenvalue weighted by atomic mass is 32.3. The maximum absolute atomic E-state index is 13.5. The Hall–Kier alpha value is -3.65. The summed E-state index contributed by atoms with van der Waals surface area (Å²) in [6, 6.07) is 12.4. The van der Waals surface area contributed by atoms with Gasteiger partial charge in [0.25, 0.3) is 0 Å². The number of alkyl halides is 3. The van der Waals surface area contributed by atoms with Crippen LogP contribution in [0.1, 0.15) is 63.6 Å². The Bertz CT molecular complexity index is 1680. The first-order valence-electron chi connectivity index (χ1n) is 13.9. The summed E-state index contributed by atoms with van der Waals surface area (Å²) in [5, 5.41) is 8.29. The zero-order chi connectivity index (χ0) is 30.7. The number of fused-ring (bicyclic) bond motifs is 1. The van der Waals surface area contributed by atoms with E-state index in [1.807, 2.05) is 48.1 Å². The number of rotatable bonds is 6. The number of hydrogen-bond acceptors (Lipinski definition) is 7. The van der Waals surface area contributed by atoms with Crippen molar-refractivity contribution in [2.45, 2.75) is 49.2 Å². The Balaban J connectivity index is 1.33. The molecule has 1 aliphatic heterocycles. The summed E-state index contributed by atoms with van der Waals surface area (Å²) < 4.78 is 73.5. The Morgan fingerprint density at radius 3 is 2.63 bits per heavy atom. The number of methoxy groups -OCH3 is 1. The van der Waals surface area contributed by atoms with E-state index in [1.54, 1.807) is 17.8 Å². The predicted octanol–water partition coefficient (Wildman–Crippen LogP) is 6.40. The molecule has 2 aliphatic rings. The summed E-state index contributed by atoms with van der Waals surface area (Å²) in [7, 11) is -0.576. The van der Waals surface area contributed by atoms with Crippen molar-refractivity contribution in [1.29, 1.82) is 0 Å². The SMILES string of the molecule is COC(=O)c1ccn(-c2cccc(CN3CC(C)Cc4ccc(C(F)(F)F)cc4S3(O)O)c2)c1[C@@H]1C[C@H]1c1cn(C)nn1. The summed E-state index contributed by atoms with van der Waals surface area (Å²) in [4.78, 5) is 12.6. The van der Waals surface area contributed by atoms with Gasteiger partial charge in [0.2, 0.25) is 0 Å². The second kappa shape index (κ2) is 10.8. The molecule has 13 heteroatoms. The molecule has 0 amide bonds. The van der Waals surface area contributed by atoms with Gasteiger partial charge in [0, 0.05) is 55.7 Å². The molecule has 2 aromatic carbocycles. The van der Waals surface area contributed by atoms with E-state index in [0.717, 1.165) is 41.2 Å². The fourth-order valence-electron chi connectivity index (χ4n) is 6.04. The second-order valence-electron chi connectivity index (χ2n) is 11.4. The number of carbonyl (C=O) groups is 1. The van der Waals surface area contributed by atoms with E-state index >= 15 is 0 Å². The molecule has 0 saturated heterocycles. The maximum atomic E-state index is 13.5. The van der Waals surface area contributed by atoms with Crippen LogP contribution in [-0.4, -0.2) is 52.6 Å². The van der Waals surface area contributed by atoms with Crippen LogP contribution in [0, 0.1) is 5.92 Å². The predicted molar refractivity (Wildman–Crippen MR) is 154 cm³/mol. The summed E-state index contributed by atoms with van der Waals surface area (Å²) in [6.45, 7) is 2.32. The fraction of sp³-hybridized carbons (Fsp3) is 0.367. The van der Waals surface area contributed by atoms with Gasteiger partial charge < -0.3 is 9.30 Å². The molecule has 2 N–H and O–H groups in total. The van der Waals surface area contributed by atoms with Crippen LogP contribution >= 0.6 is 10.8 Å². The lowest BCUT2D eigenvalue weighted by Gasteiger charge is -2.43. The number of carbonyl (C=O) groups excluding carboxylic acids is 1. The van der Waals surface area contributed by atoms with Crippen LogP contribution in [0.5, 0.6) is 0 Å². The van der Waals surface area contributed by atoms with E-state index in [4.69, 9.17) is 4.74 Å². The maximum Gasteiger partial charge on any atom is 0.416 e. The van der Waals surface area contributed by atoms with Crippen molar-refractivity contribution in [3.05, 3.63) is 94.6 Å². The third-order valence-corrected chi connectivity index (χ3v) is 10.1. The first-order valence-corrected chi connectivity index (χ1v) is 15.4. The van der Waals surface area contributed by atoms with Gasteiger partial charge in [-0.3, -0.25) is 13.8 Å². The highest BCUT2D eigenvalue weighted by Gasteiger charge is 2.45. The molecule has 43 heavy (non-hydrogen) atoms. The van der Waals surface area contributed by atoms with Crippen molar-refractivity contribution in [1.82, 2.24) is 23.9 Å². The minimum absolute atomic E-state index is 0.0159. The lowest BCUT2D eigenvalue weighted by atomic mass is 9.99. The van der Waals surface area contributed by atoms with E-state index < -0.39 is 28.5 Å². The monoisotopic (exact) mass is 615 g/mol. The molecule has 6 rings (SSSR count). The van der Waals surface area contributed by atoms with E-state index in [1.165, 1.54) is 17.5 Å². The Morgan fingerprint density at radius 1 is 1.14 bits per heavy atom.